The van der Waals surface area contributed by atoms with Crippen LogP contribution in [0.15, 0.2) is 39.4 Å². The van der Waals surface area contributed by atoms with Gasteiger partial charge in [0, 0.05) is 37.8 Å². The molecule has 1 aromatic carbocycles. The number of nitrogens with zero attached hydrogens (tertiary/aromatic N) is 5. The Balaban J connectivity index is 1.32. The summed E-state index contributed by atoms with van der Waals surface area (Å²) in [5.74, 6) is 1.49. The van der Waals surface area contributed by atoms with Crippen LogP contribution in [0.3, 0.4) is 0 Å². The first-order chi connectivity index (χ1) is 14.9. The SMILES string of the molecule is Cc1ccc(-c2noc([C@H](C)N3CCN([C@@H](C)C(=O)Nc4cc(C)no4)CC3)n2)cc1. The highest BCUT2D eigenvalue weighted by Crippen LogP contribution is 2.24. The molecule has 0 radical (unpaired) electrons. The van der Waals surface area contributed by atoms with E-state index in [1.807, 2.05) is 45.0 Å². The van der Waals surface area contributed by atoms with Gasteiger partial charge in [-0.1, -0.05) is 40.1 Å². The normalized spacial score (nSPS) is 17.4. The highest BCUT2D eigenvalue weighted by atomic mass is 16.5. The third-order valence-corrected chi connectivity index (χ3v) is 5.81. The van der Waals surface area contributed by atoms with E-state index in [9.17, 15) is 4.79 Å². The molecule has 1 aliphatic rings. The molecule has 1 aliphatic heterocycles. The number of benzene rings is 1. The van der Waals surface area contributed by atoms with Gasteiger partial charge >= 0.3 is 0 Å². The fraction of sp³-hybridized carbons (Fsp3) is 0.455. The third-order valence-electron chi connectivity index (χ3n) is 5.81. The van der Waals surface area contributed by atoms with Crippen LogP contribution in [0, 0.1) is 13.8 Å². The molecule has 0 bridgehead atoms. The van der Waals surface area contributed by atoms with Crippen molar-refractivity contribution < 1.29 is 13.8 Å². The zero-order chi connectivity index (χ0) is 22.0. The van der Waals surface area contributed by atoms with E-state index < -0.39 is 0 Å². The van der Waals surface area contributed by atoms with E-state index in [1.165, 1.54) is 5.56 Å². The first kappa shape index (κ1) is 21.2. The average molecular weight is 425 g/mol. The molecule has 0 spiro atoms. The van der Waals surface area contributed by atoms with Crippen LogP contribution in [0.1, 0.15) is 37.0 Å². The van der Waals surface area contributed by atoms with Crippen molar-refractivity contribution in [3.05, 3.63) is 47.5 Å². The van der Waals surface area contributed by atoms with Crippen LogP contribution in [0.4, 0.5) is 5.88 Å². The Morgan fingerprint density at radius 2 is 1.68 bits per heavy atom. The number of aryl methyl sites for hydroxylation is 2. The second-order valence-electron chi connectivity index (χ2n) is 8.07. The van der Waals surface area contributed by atoms with Gasteiger partial charge in [0.25, 0.3) is 0 Å². The largest absolute Gasteiger partial charge is 0.338 e. The number of nitrogens with one attached hydrogen (secondary N) is 1. The molecule has 1 fully saturated rings. The van der Waals surface area contributed by atoms with Crippen molar-refractivity contribution in [3.8, 4) is 11.4 Å². The molecule has 9 heteroatoms. The summed E-state index contributed by atoms with van der Waals surface area (Å²) < 4.78 is 10.6. The summed E-state index contributed by atoms with van der Waals surface area (Å²) in [6, 6.07) is 9.53. The van der Waals surface area contributed by atoms with Gasteiger partial charge in [0.05, 0.1) is 17.8 Å². The number of hydrogen-bond donors (Lipinski definition) is 1. The minimum Gasteiger partial charge on any atom is -0.338 e. The van der Waals surface area contributed by atoms with Gasteiger partial charge in [-0.25, -0.2) is 0 Å². The maximum Gasteiger partial charge on any atom is 0.244 e. The summed E-state index contributed by atoms with van der Waals surface area (Å²) in [5, 5.41) is 10.7. The number of amides is 1. The summed E-state index contributed by atoms with van der Waals surface area (Å²) in [4.78, 5) is 21.6. The van der Waals surface area contributed by atoms with E-state index in [-0.39, 0.29) is 18.0 Å². The summed E-state index contributed by atoms with van der Waals surface area (Å²) >= 11 is 0. The molecule has 0 aliphatic carbocycles. The minimum absolute atomic E-state index is 0.00940. The average Bonchev–Trinajstić information content (AvgIpc) is 3.42. The van der Waals surface area contributed by atoms with E-state index in [1.54, 1.807) is 6.07 Å². The molecule has 1 N–H and O–H groups in total. The van der Waals surface area contributed by atoms with Crippen molar-refractivity contribution in [2.45, 2.75) is 39.8 Å². The number of hydrogen-bond acceptors (Lipinski definition) is 8. The molecule has 9 nitrogen and oxygen atoms in total. The molecule has 164 valence electrons. The molecule has 2 atom stereocenters. The van der Waals surface area contributed by atoms with Crippen LogP contribution < -0.4 is 5.32 Å². The molecule has 1 saturated heterocycles. The highest BCUT2D eigenvalue weighted by Gasteiger charge is 2.30. The molecule has 31 heavy (non-hydrogen) atoms. The molecule has 4 rings (SSSR count). The second kappa shape index (κ2) is 8.99. The molecular weight excluding hydrogens is 396 g/mol. The van der Waals surface area contributed by atoms with E-state index in [0.717, 1.165) is 37.4 Å². The highest BCUT2D eigenvalue weighted by molar-refractivity contribution is 5.93. The zero-order valence-electron chi connectivity index (χ0n) is 18.3. The standard InChI is InChI=1S/C22H28N6O3/c1-14-5-7-18(8-6-14)20-24-22(31-26-20)17(4)28-11-9-27(10-12-28)16(3)21(29)23-19-13-15(2)25-30-19/h5-8,13,16-17H,9-12H2,1-4H3,(H,23,29)/t16-,17-/m0/s1. The van der Waals surface area contributed by atoms with E-state index in [2.05, 4.69) is 37.3 Å². The van der Waals surface area contributed by atoms with E-state index in [4.69, 9.17) is 9.05 Å². The summed E-state index contributed by atoms with van der Waals surface area (Å²) in [7, 11) is 0. The summed E-state index contributed by atoms with van der Waals surface area (Å²) in [6.07, 6.45) is 0. The van der Waals surface area contributed by atoms with Gasteiger partial charge in [0.1, 0.15) is 0 Å². The molecular formula is C22H28N6O3. The van der Waals surface area contributed by atoms with Gasteiger partial charge in [-0.3, -0.25) is 19.9 Å². The Hall–Kier alpha value is -3.04. The first-order valence-corrected chi connectivity index (χ1v) is 10.5. The van der Waals surface area contributed by atoms with Crippen LogP contribution in [0.5, 0.6) is 0 Å². The Labute approximate surface area is 181 Å². The quantitative estimate of drug-likeness (QED) is 0.644. The maximum atomic E-state index is 12.5. The number of carbonyl (C=O) groups excluding carboxylic acids is 1. The van der Waals surface area contributed by atoms with Gasteiger partial charge in [0.15, 0.2) is 0 Å². The smallest absolute Gasteiger partial charge is 0.244 e. The Morgan fingerprint density at radius 1 is 1.00 bits per heavy atom. The lowest BCUT2D eigenvalue weighted by molar-refractivity contribution is -0.121. The second-order valence-corrected chi connectivity index (χ2v) is 8.07. The number of aromatic nitrogens is 3. The van der Waals surface area contributed by atoms with Gasteiger partial charge in [-0.2, -0.15) is 4.98 Å². The van der Waals surface area contributed by atoms with Crippen molar-refractivity contribution in [3.63, 3.8) is 0 Å². The molecule has 0 unspecified atom stereocenters. The van der Waals surface area contributed by atoms with Crippen LogP contribution >= 0.6 is 0 Å². The predicted molar refractivity (Wildman–Crippen MR) is 115 cm³/mol. The van der Waals surface area contributed by atoms with Crippen LogP contribution in [-0.2, 0) is 4.79 Å². The van der Waals surface area contributed by atoms with Crippen molar-refractivity contribution in [1.29, 1.82) is 0 Å². The van der Waals surface area contributed by atoms with Crippen molar-refractivity contribution >= 4 is 11.8 Å². The Morgan fingerprint density at radius 3 is 2.32 bits per heavy atom. The van der Waals surface area contributed by atoms with E-state index in [0.29, 0.717) is 17.6 Å². The number of anilines is 1. The summed E-state index contributed by atoms with van der Waals surface area (Å²) in [5.41, 5.74) is 2.87. The number of piperazine rings is 1. The lowest BCUT2D eigenvalue weighted by Crippen LogP contribution is -2.53. The lowest BCUT2D eigenvalue weighted by Gasteiger charge is -2.38. The van der Waals surface area contributed by atoms with Gasteiger partial charge < -0.3 is 9.05 Å². The monoisotopic (exact) mass is 424 g/mol. The summed E-state index contributed by atoms with van der Waals surface area (Å²) in [6.45, 7) is 11.0. The zero-order valence-corrected chi connectivity index (χ0v) is 18.3. The van der Waals surface area contributed by atoms with Crippen molar-refractivity contribution in [2.75, 3.05) is 31.5 Å². The van der Waals surface area contributed by atoms with E-state index >= 15 is 0 Å². The first-order valence-electron chi connectivity index (χ1n) is 10.5. The fourth-order valence-corrected chi connectivity index (χ4v) is 3.71. The predicted octanol–water partition coefficient (Wildman–Crippen LogP) is 3.05. The molecule has 3 aromatic rings. The molecule has 2 aromatic heterocycles. The van der Waals surface area contributed by atoms with Gasteiger partial charge in [-0.15, -0.1) is 0 Å². The lowest BCUT2D eigenvalue weighted by atomic mass is 10.1. The molecule has 0 saturated carbocycles. The Kier molecular flexibility index (Phi) is 6.15. The number of rotatable bonds is 6. The third kappa shape index (κ3) is 4.83. The van der Waals surface area contributed by atoms with Crippen LogP contribution in [0.25, 0.3) is 11.4 Å². The molecule has 1 amide bonds. The van der Waals surface area contributed by atoms with Crippen LogP contribution in [-0.4, -0.2) is 63.2 Å². The van der Waals surface area contributed by atoms with Gasteiger partial charge in [0.2, 0.25) is 23.5 Å². The van der Waals surface area contributed by atoms with Crippen molar-refractivity contribution in [2.24, 2.45) is 0 Å². The maximum absolute atomic E-state index is 12.5. The fourth-order valence-electron chi connectivity index (χ4n) is 3.71. The minimum atomic E-state index is -0.264. The topological polar surface area (TPSA) is 101 Å². The van der Waals surface area contributed by atoms with Crippen molar-refractivity contribution in [1.82, 2.24) is 25.1 Å². The molecule has 3 heterocycles. The van der Waals surface area contributed by atoms with Crippen LogP contribution in [0.2, 0.25) is 0 Å². The Bertz CT molecular complexity index is 1020. The number of carbonyl (C=O) groups is 1. The van der Waals surface area contributed by atoms with Gasteiger partial charge in [-0.05, 0) is 27.7 Å².